The first-order chi connectivity index (χ1) is 15.9. The zero-order valence-electron chi connectivity index (χ0n) is 19.0. The van der Waals surface area contributed by atoms with E-state index in [4.69, 9.17) is 4.74 Å². The maximum absolute atomic E-state index is 12.7. The summed E-state index contributed by atoms with van der Waals surface area (Å²) in [6.45, 7) is 4.93. The van der Waals surface area contributed by atoms with Crippen molar-refractivity contribution in [1.29, 1.82) is 0 Å². The second-order valence-electron chi connectivity index (χ2n) is 9.11. The highest BCUT2D eigenvalue weighted by molar-refractivity contribution is 5.81. The van der Waals surface area contributed by atoms with Gasteiger partial charge in [0.2, 0.25) is 5.91 Å². The number of rotatable bonds is 7. The summed E-state index contributed by atoms with van der Waals surface area (Å²) in [6, 6.07) is 16.3. The highest BCUT2D eigenvalue weighted by Gasteiger charge is 2.38. The molecule has 3 unspecified atom stereocenters. The molecule has 2 aromatic rings. The van der Waals surface area contributed by atoms with Crippen LogP contribution in [0.25, 0.3) is 11.1 Å². The Bertz CT molecular complexity index is 1010. The maximum atomic E-state index is 12.7. The van der Waals surface area contributed by atoms with Gasteiger partial charge in [0.05, 0.1) is 5.92 Å². The van der Waals surface area contributed by atoms with E-state index in [2.05, 4.69) is 29.6 Å². The predicted molar refractivity (Wildman–Crippen MR) is 124 cm³/mol. The molecule has 174 valence electrons. The average Bonchev–Trinajstić information content (AvgIpc) is 3.35. The van der Waals surface area contributed by atoms with Crippen molar-refractivity contribution < 1.29 is 24.2 Å². The molecular formula is C26H30N2O5. The van der Waals surface area contributed by atoms with Gasteiger partial charge in [-0.15, -0.1) is 0 Å². The van der Waals surface area contributed by atoms with Crippen LogP contribution in [0, 0.1) is 17.8 Å². The Kier molecular flexibility index (Phi) is 6.67. The molecule has 1 fully saturated rings. The first-order valence-corrected chi connectivity index (χ1v) is 11.5. The van der Waals surface area contributed by atoms with Crippen molar-refractivity contribution in [2.75, 3.05) is 26.2 Å². The van der Waals surface area contributed by atoms with Crippen molar-refractivity contribution in [3.05, 3.63) is 59.7 Å². The summed E-state index contributed by atoms with van der Waals surface area (Å²) >= 11 is 0. The van der Waals surface area contributed by atoms with E-state index in [1.807, 2.05) is 31.2 Å². The fraction of sp³-hybridized carbons (Fsp3) is 0.423. The molecular weight excluding hydrogens is 420 g/mol. The predicted octanol–water partition coefficient (Wildman–Crippen LogP) is 3.73. The van der Waals surface area contributed by atoms with E-state index in [1.54, 1.807) is 11.8 Å². The molecule has 2 aliphatic rings. The van der Waals surface area contributed by atoms with E-state index >= 15 is 0 Å². The van der Waals surface area contributed by atoms with Gasteiger partial charge in [0.25, 0.3) is 0 Å². The summed E-state index contributed by atoms with van der Waals surface area (Å²) in [5, 5.41) is 12.0. The summed E-state index contributed by atoms with van der Waals surface area (Å²) in [6.07, 6.45) is -0.0386. The van der Waals surface area contributed by atoms with Crippen LogP contribution in [0.15, 0.2) is 48.5 Å². The van der Waals surface area contributed by atoms with Crippen molar-refractivity contribution in [3.63, 3.8) is 0 Å². The van der Waals surface area contributed by atoms with E-state index in [0.29, 0.717) is 19.5 Å². The van der Waals surface area contributed by atoms with Gasteiger partial charge in [-0.25, -0.2) is 4.79 Å². The quantitative estimate of drug-likeness (QED) is 0.670. The molecule has 7 nitrogen and oxygen atoms in total. The number of carboxylic acids is 1. The Balaban J connectivity index is 1.24. The van der Waals surface area contributed by atoms with Crippen molar-refractivity contribution in [1.82, 2.24) is 10.2 Å². The zero-order valence-corrected chi connectivity index (χ0v) is 19.0. The van der Waals surface area contributed by atoms with Crippen molar-refractivity contribution >= 4 is 18.0 Å². The fourth-order valence-electron chi connectivity index (χ4n) is 4.94. The third-order valence-electron chi connectivity index (χ3n) is 6.85. The number of hydrogen-bond donors (Lipinski definition) is 2. The molecule has 0 spiro atoms. The molecule has 33 heavy (non-hydrogen) atoms. The van der Waals surface area contributed by atoms with Crippen LogP contribution < -0.4 is 5.32 Å². The summed E-state index contributed by atoms with van der Waals surface area (Å²) in [7, 11) is 0. The number of carbonyl (C=O) groups excluding carboxylic acids is 2. The lowest BCUT2D eigenvalue weighted by Crippen LogP contribution is -2.36. The SMILES string of the molecule is CC(CCNC(=O)OCC1c2ccccc2-c2ccccc21)C(=O)N1CC(C)C(C(=O)O)C1. The lowest BCUT2D eigenvalue weighted by atomic mass is 9.98. The largest absolute Gasteiger partial charge is 0.481 e. The number of hydrogen-bond acceptors (Lipinski definition) is 4. The minimum atomic E-state index is -0.859. The molecule has 0 aromatic heterocycles. The third kappa shape index (κ3) is 4.72. The first kappa shape index (κ1) is 22.8. The molecule has 2 N–H and O–H groups in total. The van der Waals surface area contributed by atoms with E-state index in [-0.39, 0.29) is 36.8 Å². The molecule has 0 radical (unpaired) electrons. The molecule has 1 aliphatic carbocycles. The maximum Gasteiger partial charge on any atom is 0.407 e. The Morgan fingerprint density at radius 2 is 1.67 bits per heavy atom. The number of nitrogens with zero attached hydrogens (tertiary/aromatic N) is 1. The number of ether oxygens (including phenoxy) is 1. The molecule has 7 heteroatoms. The number of fused-ring (bicyclic) bond motifs is 3. The Morgan fingerprint density at radius 3 is 2.24 bits per heavy atom. The molecule has 4 rings (SSSR count). The normalized spacial score (nSPS) is 20.1. The van der Waals surface area contributed by atoms with Gasteiger partial charge < -0.3 is 20.1 Å². The van der Waals surface area contributed by atoms with Crippen LogP contribution in [0.2, 0.25) is 0 Å². The molecule has 3 atom stereocenters. The van der Waals surface area contributed by atoms with Crippen LogP contribution in [-0.4, -0.2) is 54.2 Å². The number of benzene rings is 2. The number of aliphatic carboxylic acids is 1. The molecule has 0 bridgehead atoms. The van der Waals surface area contributed by atoms with Crippen LogP contribution in [-0.2, 0) is 14.3 Å². The second kappa shape index (κ2) is 9.65. The number of amides is 2. The van der Waals surface area contributed by atoms with Crippen molar-refractivity contribution in [2.45, 2.75) is 26.2 Å². The van der Waals surface area contributed by atoms with Crippen molar-refractivity contribution in [2.24, 2.45) is 17.8 Å². The molecule has 2 amide bonds. The summed E-state index contributed by atoms with van der Waals surface area (Å²) in [4.78, 5) is 37.9. The third-order valence-corrected chi connectivity index (χ3v) is 6.85. The number of nitrogens with one attached hydrogen (secondary N) is 1. The zero-order chi connectivity index (χ0) is 23.5. The highest BCUT2D eigenvalue weighted by Crippen LogP contribution is 2.44. The molecule has 1 saturated heterocycles. The average molecular weight is 451 g/mol. The lowest BCUT2D eigenvalue weighted by Gasteiger charge is -2.21. The van der Waals surface area contributed by atoms with Gasteiger partial charge in [0.1, 0.15) is 6.61 Å². The van der Waals surface area contributed by atoms with Gasteiger partial charge in [-0.3, -0.25) is 9.59 Å². The van der Waals surface area contributed by atoms with Crippen molar-refractivity contribution in [3.8, 4) is 11.1 Å². The van der Waals surface area contributed by atoms with Gasteiger partial charge in [0, 0.05) is 31.5 Å². The summed E-state index contributed by atoms with van der Waals surface area (Å²) < 4.78 is 5.53. The number of carbonyl (C=O) groups is 3. The molecule has 1 aliphatic heterocycles. The summed E-state index contributed by atoms with van der Waals surface area (Å²) in [5.74, 6) is -1.80. The van der Waals surface area contributed by atoms with Crippen LogP contribution in [0.4, 0.5) is 4.79 Å². The van der Waals surface area contributed by atoms with Crippen LogP contribution in [0.1, 0.15) is 37.3 Å². The Labute approximate surface area is 193 Å². The van der Waals surface area contributed by atoms with E-state index in [0.717, 1.165) is 11.1 Å². The molecule has 2 aromatic carbocycles. The van der Waals surface area contributed by atoms with E-state index in [1.165, 1.54) is 11.1 Å². The van der Waals surface area contributed by atoms with Gasteiger partial charge in [-0.05, 0) is 34.6 Å². The Hall–Kier alpha value is -3.35. The topological polar surface area (TPSA) is 95.9 Å². The fourth-order valence-corrected chi connectivity index (χ4v) is 4.94. The molecule has 1 heterocycles. The van der Waals surface area contributed by atoms with Gasteiger partial charge >= 0.3 is 12.1 Å². The van der Waals surface area contributed by atoms with Gasteiger partial charge in [-0.2, -0.15) is 0 Å². The lowest BCUT2D eigenvalue weighted by molar-refractivity contribution is -0.142. The number of carboxylic acid groups (broad SMARTS) is 1. The monoisotopic (exact) mass is 450 g/mol. The standard InChI is InChI=1S/C26H30N2O5/c1-16(24(29)28-13-17(2)22(14-28)25(30)31)11-12-27-26(32)33-15-23-20-9-5-3-7-18(20)19-8-4-6-10-21(19)23/h3-10,16-17,22-23H,11-15H2,1-2H3,(H,27,32)(H,30,31). The minimum absolute atomic E-state index is 0.00277. The molecule has 0 saturated carbocycles. The number of likely N-dealkylation sites (tertiary alicyclic amines) is 1. The Morgan fingerprint density at radius 1 is 1.06 bits per heavy atom. The van der Waals surface area contributed by atoms with Gasteiger partial charge in [0.15, 0.2) is 0 Å². The van der Waals surface area contributed by atoms with Crippen LogP contribution >= 0.6 is 0 Å². The van der Waals surface area contributed by atoms with Gasteiger partial charge in [-0.1, -0.05) is 62.4 Å². The van der Waals surface area contributed by atoms with Crippen LogP contribution in [0.5, 0.6) is 0 Å². The van der Waals surface area contributed by atoms with Crippen LogP contribution in [0.3, 0.4) is 0 Å². The second-order valence-corrected chi connectivity index (χ2v) is 9.11. The summed E-state index contributed by atoms with van der Waals surface area (Å²) in [5.41, 5.74) is 4.67. The van der Waals surface area contributed by atoms with E-state index in [9.17, 15) is 19.5 Å². The minimum Gasteiger partial charge on any atom is -0.481 e. The van der Waals surface area contributed by atoms with E-state index < -0.39 is 18.0 Å². The number of alkyl carbamates (subject to hydrolysis) is 1. The highest BCUT2D eigenvalue weighted by atomic mass is 16.5. The first-order valence-electron chi connectivity index (χ1n) is 11.5. The smallest absolute Gasteiger partial charge is 0.407 e.